The molecule has 0 radical (unpaired) electrons. The van der Waals surface area contributed by atoms with Crippen LogP contribution < -0.4 is 0 Å². The molecule has 174 valence electrons. The molecule has 1 aliphatic heterocycles. The standard InChI is InChI=1S/C26H36N2O3S/c1-19(29)18-28-20(2)23(24-17-26(3,4)13-12-25(24)28)16-21-8-10-22(11-9-21)32(30,31)27-14-6-5-7-15-27/h8-11,29H,1,5-7,12-18H2,2-4H3. The van der Waals surface area contributed by atoms with Crippen molar-refractivity contribution in [3.8, 4) is 0 Å². The van der Waals surface area contributed by atoms with Crippen LogP contribution in [0.5, 0.6) is 0 Å². The van der Waals surface area contributed by atoms with E-state index in [0.29, 0.717) is 24.5 Å². The molecular formula is C26H36N2O3S. The topological polar surface area (TPSA) is 62.5 Å². The highest BCUT2D eigenvalue weighted by atomic mass is 32.2. The first-order valence-corrected chi connectivity index (χ1v) is 13.2. The number of hydrogen-bond donors (Lipinski definition) is 1. The van der Waals surface area contributed by atoms with Crippen LogP contribution in [0.4, 0.5) is 0 Å². The normalized spacial score (nSPS) is 19.0. The number of piperidine rings is 1. The number of fused-ring (bicyclic) bond motifs is 1. The Morgan fingerprint density at radius 2 is 1.78 bits per heavy atom. The number of nitrogens with zero attached hydrogens (tertiary/aromatic N) is 2. The van der Waals surface area contributed by atoms with Crippen molar-refractivity contribution in [2.24, 2.45) is 5.41 Å². The Morgan fingerprint density at radius 3 is 2.41 bits per heavy atom. The fourth-order valence-corrected chi connectivity index (χ4v) is 6.83. The van der Waals surface area contributed by atoms with Crippen molar-refractivity contribution in [3.63, 3.8) is 0 Å². The second kappa shape index (κ2) is 8.71. The molecule has 1 fully saturated rings. The third kappa shape index (κ3) is 4.53. The van der Waals surface area contributed by atoms with Gasteiger partial charge >= 0.3 is 0 Å². The number of allylic oxidation sites excluding steroid dienone is 1. The molecule has 1 N–H and O–H groups in total. The number of sulfonamides is 1. The lowest BCUT2D eigenvalue weighted by Crippen LogP contribution is -2.35. The quantitative estimate of drug-likeness (QED) is 0.612. The second-order valence-electron chi connectivity index (χ2n) is 10.3. The van der Waals surface area contributed by atoms with Crippen LogP contribution in [0.15, 0.2) is 41.5 Å². The summed E-state index contributed by atoms with van der Waals surface area (Å²) in [5, 5.41) is 9.87. The molecule has 4 rings (SSSR count). The van der Waals surface area contributed by atoms with E-state index in [0.717, 1.165) is 50.5 Å². The first kappa shape index (κ1) is 23.1. The molecule has 1 aromatic carbocycles. The fraction of sp³-hybridized carbons (Fsp3) is 0.538. The van der Waals surface area contributed by atoms with E-state index in [9.17, 15) is 13.5 Å². The number of aromatic nitrogens is 1. The fourth-order valence-electron chi connectivity index (χ4n) is 5.31. The second-order valence-corrected chi connectivity index (χ2v) is 12.2. The number of aliphatic hydroxyl groups is 1. The van der Waals surface area contributed by atoms with E-state index in [1.54, 1.807) is 16.4 Å². The third-order valence-electron chi connectivity index (χ3n) is 7.17. The van der Waals surface area contributed by atoms with E-state index in [-0.39, 0.29) is 11.2 Å². The van der Waals surface area contributed by atoms with E-state index < -0.39 is 10.0 Å². The molecule has 2 aromatic rings. The molecule has 2 heterocycles. The minimum absolute atomic E-state index is 0.176. The highest BCUT2D eigenvalue weighted by Gasteiger charge is 2.32. The van der Waals surface area contributed by atoms with Crippen LogP contribution in [0.3, 0.4) is 0 Å². The summed E-state index contributed by atoms with van der Waals surface area (Å²) in [5.74, 6) is 0.176. The zero-order valence-electron chi connectivity index (χ0n) is 19.7. The lowest BCUT2D eigenvalue weighted by molar-refractivity contribution is 0.307. The molecule has 1 saturated heterocycles. The summed E-state index contributed by atoms with van der Waals surface area (Å²) in [6.45, 7) is 12.1. The molecule has 6 heteroatoms. The number of aliphatic hydroxyl groups excluding tert-OH is 1. The summed E-state index contributed by atoms with van der Waals surface area (Å²) in [6.07, 6.45) is 6.90. The Balaban J connectivity index is 1.63. The number of hydrogen-bond acceptors (Lipinski definition) is 3. The van der Waals surface area contributed by atoms with Crippen LogP contribution in [0.25, 0.3) is 0 Å². The summed E-state index contributed by atoms with van der Waals surface area (Å²) in [6, 6.07) is 7.44. The molecule has 1 aliphatic carbocycles. The Morgan fingerprint density at radius 1 is 1.12 bits per heavy atom. The van der Waals surface area contributed by atoms with Gasteiger partial charge < -0.3 is 9.67 Å². The van der Waals surface area contributed by atoms with Gasteiger partial charge in [-0.15, -0.1) is 0 Å². The van der Waals surface area contributed by atoms with Gasteiger partial charge in [0.05, 0.1) is 11.4 Å². The van der Waals surface area contributed by atoms with Crippen molar-refractivity contribution in [3.05, 3.63) is 64.7 Å². The average molecular weight is 457 g/mol. The Kier molecular flexibility index (Phi) is 6.29. The molecule has 0 atom stereocenters. The number of rotatable bonds is 6. The van der Waals surface area contributed by atoms with Gasteiger partial charge in [0.2, 0.25) is 10.0 Å². The maximum absolute atomic E-state index is 13.0. The summed E-state index contributed by atoms with van der Waals surface area (Å²) < 4.78 is 29.8. The first-order chi connectivity index (χ1) is 15.1. The first-order valence-electron chi connectivity index (χ1n) is 11.7. The molecule has 2 aliphatic rings. The van der Waals surface area contributed by atoms with Gasteiger partial charge in [-0.05, 0) is 79.7 Å². The summed E-state index contributed by atoms with van der Waals surface area (Å²) in [4.78, 5) is 0.386. The maximum atomic E-state index is 13.0. The minimum atomic E-state index is -3.41. The van der Waals surface area contributed by atoms with Crippen LogP contribution >= 0.6 is 0 Å². The highest BCUT2D eigenvalue weighted by Crippen LogP contribution is 2.39. The molecule has 32 heavy (non-hydrogen) atoms. The van der Waals surface area contributed by atoms with Crippen molar-refractivity contribution in [1.29, 1.82) is 0 Å². The Labute approximate surface area is 192 Å². The summed E-state index contributed by atoms with van der Waals surface area (Å²) in [7, 11) is -3.41. The van der Waals surface area contributed by atoms with Crippen LogP contribution in [0.1, 0.15) is 67.6 Å². The SMILES string of the molecule is C=C(O)Cn1c(C)c(Cc2ccc(S(=O)(=O)N3CCCCC3)cc2)c2c1CCC(C)(C)C2. The van der Waals surface area contributed by atoms with Crippen molar-refractivity contribution in [1.82, 2.24) is 8.87 Å². The molecule has 0 bridgehead atoms. The average Bonchev–Trinajstić information content (AvgIpc) is 2.98. The van der Waals surface area contributed by atoms with E-state index in [1.807, 2.05) is 12.1 Å². The van der Waals surface area contributed by atoms with Gasteiger partial charge in [0.25, 0.3) is 0 Å². The molecule has 0 unspecified atom stereocenters. The molecule has 0 amide bonds. The summed E-state index contributed by atoms with van der Waals surface area (Å²) >= 11 is 0. The van der Waals surface area contributed by atoms with E-state index in [1.165, 1.54) is 22.5 Å². The van der Waals surface area contributed by atoms with E-state index >= 15 is 0 Å². The lowest BCUT2D eigenvalue weighted by atomic mass is 9.75. The van der Waals surface area contributed by atoms with E-state index in [4.69, 9.17) is 0 Å². The van der Waals surface area contributed by atoms with Crippen LogP contribution in [0.2, 0.25) is 0 Å². The predicted octanol–water partition coefficient (Wildman–Crippen LogP) is 5.15. The highest BCUT2D eigenvalue weighted by molar-refractivity contribution is 7.89. The molecular weight excluding hydrogens is 420 g/mol. The molecule has 0 spiro atoms. The van der Waals surface area contributed by atoms with Gasteiger partial charge in [0.15, 0.2) is 0 Å². The molecule has 1 aromatic heterocycles. The monoisotopic (exact) mass is 456 g/mol. The lowest BCUT2D eigenvalue weighted by Gasteiger charge is -2.31. The van der Waals surface area contributed by atoms with Crippen molar-refractivity contribution in [2.45, 2.75) is 77.2 Å². The van der Waals surface area contributed by atoms with Crippen LogP contribution in [-0.4, -0.2) is 35.5 Å². The van der Waals surface area contributed by atoms with Crippen LogP contribution in [0, 0.1) is 12.3 Å². The zero-order valence-corrected chi connectivity index (χ0v) is 20.5. The van der Waals surface area contributed by atoms with Gasteiger partial charge in [-0.2, -0.15) is 4.31 Å². The predicted molar refractivity (Wildman–Crippen MR) is 129 cm³/mol. The maximum Gasteiger partial charge on any atom is 0.243 e. The van der Waals surface area contributed by atoms with Crippen molar-refractivity contribution < 1.29 is 13.5 Å². The Hall–Kier alpha value is -2.05. The van der Waals surface area contributed by atoms with Crippen molar-refractivity contribution >= 4 is 10.0 Å². The van der Waals surface area contributed by atoms with Gasteiger partial charge in [-0.1, -0.05) is 39.0 Å². The van der Waals surface area contributed by atoms with Gasteiger partial charge in [0, 0.05) is 24.5 Å². The summed E-state index contributed by atoms with van der Waals surface area (Å²) in [5.41, 5.74) is 6.55. The van der Waals surface area contributed by atoms with Crippen molar-refractivity contribution in [2.75, 3.05) is 13.1 Å². The van der Waals surface area contributed by atoms with Crippen LogP contribution in [-0.2, 0) is 35.8 Å². The van der Waals surface area contributed by atoms with Gasteiger partial charge in [-0.3, -0.25) is 0 Å². The van der Waals surface area contributed by atoms with Gasteiger partial charge in [0.1, 0.15) is 5.76 Å². The molecule has 5 nitrogen and oxygen atoms in total. The smallest absolute Gasteiger partial charge is 0.243 e. The minimum Gasteiger partial charge on any atom is -0.511 e. The van der Waals surface area contributed by atoms with E-state index in [2.05, 4.69) is 31.9 Å². The van der Waals surface area contributed by atoms with Gasteiger partial charge in [-0.25, -0.2) is 8.42 Å². The number of benzene rings is 1. The third-order valence-corrected chi connectivity index (χ3v) is 9.08. The zero-order chi connectivity index (χ0) is 23.1. The largest absolute Gasteiger partial charge is 0.511 e. The Bertz CT molecular complexity index is 1100. The molecule has 0 saturated carbocycles.